The lowest BCUT2D eigenvalue weighted by atomic mass is 10.0. The van der Waals surface area contributed by atoms with E-state index in [1.807, 2.05) is 46.7 Å². The van der Waals surface area contributed by atoms with Gasteiger partial charge in [-0.3, -0.25) is 9.59 Å². The number of rotatable bonds is 6. The SMILES string of the molecule is COC1CCN(C(=O)C(Cc2ccccc2)NC(=O)c2cccs2)CC1. The molecule has 6 heteroatoms. The highest BCUT2D eigenvalue weighted by molar-refractivity contribution is 7.12. The average molecular weight is 372 g/mol. The van der Waals surface area contributed by atoms with Crippen molar-refractivity contribution in [3.63, 3.8) is 0 Å². The van der Waals surface area contributed by atoms with Gasteiger partial charge in [-0.05, 0) is 29.9 Å². The second-order valence-corrected chi connectivity index (χ2v) is 7.40. The fourth-order valence-corrected chi connectivity index (χ4v) is 3.85. The van der Waals surface area contributed by atoms with Crippen LogP contribution in [0.5, 0.6) is 0 Å². The molecule has 0 bridgehead atoms. The standard InChI is InChI=1S/C20H24N2O3S/c1-25-16-9-11-22(12-10-16)20(24)17(14-15-6-3-2-4-7-15)21-19(23)18-8-5-13-26-18/h2-8,13,16-17H,9-12,14H2,1H3,(H,21,23). The summed E-state index contributed by atoms with van der Waals surface area (Å²) in [4.78, 5) is 28.0. The molecular weight excluding hydrogens is 348 g/mol. The molecule has 2 heterocycles. The number of ether oxygens (including phenoxy) is 1. The predicted molar refractivity (Wildman–Crippen MR) is 102 cm³/mol. The summed E-state index contributed by atoms with van der Waals surface area (Å²) in [6, 6.07) is 12.8. The normalized spacial score (nSPS) is 16.3. The van der Waals surface area contributed by atoms with Crippen molar-refractivity contribution in [3.05, 3.63) is 58.3 Å². The molecule has 5 nitrogen and oxygen atoms in total. The van der Waals surface area contributed by atoms with Gasteiger partial charge in [0, 0.05) is 26.6 Å². The van der Waals surface area contributed by atoms with Crippen LogP contribution in [-0.4, -0.2) is 49.1 Å². The molecule has 1 aromatic carbocycles. The summed E-state index contributed by atoms with van der Waals surface area (Å²) >= 11 is 1.38. The van der Waals surface area contributed by atoms with Crippen molar-refractivity contribution in [3.8, 4) is 0 Å². The van der Waals surface area contributed by atoms with Crippen molar-refractivity contribution in [2.24, 2.45) is 0 Å². The largest absolute Gasteiger partial charge is 0.381 e. The Kier molecular flexibility index (Phi) is 6.41. The highest BCUT2D eigenvalue weighted by atomic mass is 32.1. The van der Waals surface area contributed by atoms with Crippen LogP contribution in [-0.2, 0) is 16.0 Å². The van der Waals surface area contributed by atoms with Gasteiger partial charge >= 0.3 is 0 Å². The molecule has 0 saturated carbocycles. The number of amides is 2. The lowest BCUT2D eigenvalue weighted by molar-refractivity contribution is -0.135. The van der Waals surface area contributed by atoms with Crippen molar-refractivity contribution in [1.29, 1.82) is 0 Å². The van der Waals surface area contributed by atoms with E-state index in [2.05, 4.69) is 5.32 Å². The zero-order valence-corrected chi connectivity index (χ0v) is 15.7. The van der Waals surface area contributed by atoms with E-state index in [9.17, 15) is 9.59 Å². The van der Waals surface area contributed by atoms with E-state index in [1.165, 1.54) is 11.3 Å². The Morgan fingerprint density at radius 1 is 1.19 bits per heavy atom. The minimum absolute atomic E-state index is 0.0201. The molecule has 1 aromatic heterocycles. The number of nitrogens with zero attached hydrogens (tertiary/aromatic N) is 1. The molecular formula is C20H24N2O3S. The van der Waals surface area contributed by atoms with Crippen LogP contribution >= 0.6 is 11.3 Å². The smallest absolute Gasteiger partial charge is 0.262 e. The fourth-order valence-electron chi connectivity index (χ4n) is 3.22. The lowest BCUT2D eigenvalue weighted by Crippen LogP contribution is -2.52. The molecule has 26 heavy (non-hydrogen) atoms. The lowest BCUT2D eigenvalue weighted by Gasteiger charge is -2.34. The van der Waals surface area contributed by atoms with Gasteiger partial charge in [-0.25, -0.2) is 0 Å². The number of piperidine rings is 1. The molecule has 2 aromatic rings. The summed E-state index contributed by atoms with van der Waals surface area (Å²) < 4.78 is 5.38. The molecule has 1 atom stereocenters. The summed E-state index contributed by atoms with van der Waals surface area (Å²) in [6.07, 6.45) is 2.37. The third-order valence-corrected chi connectivity index (χ3v) is 5.59. The second kappa shape index (κ2) is 8.96. The first-order valence-electron chi connectivity index (χ1n) is 8.87. The monoisotopic (exact) mass is 372 g/mol. The molecule has 138 valence electrons. The van der Waals surface area contributed by atoms with E-state index in [0.717, 1.165) is 18.4 Å². The van der Waals surface area contributed by atoms with E-state index < -0.39 is 6.04 Å². The molecule has 0 aliphatic carbocycles. The number of carbonyl (C=O) groups excluding carboxylic acids is 2. The van der Waals surface area contributed by atoms with Crippen LogP contribution in [0.3, 0.4) is 0 Å². The van der Waals surface area contributed by atoms with E-state index in [4.69, 9.17) is 4.74 Å². The highest BCUT2D eigenvalue weighted by Crippen LogP contribution is 2.16. The number of benzene rings is 1. The number of hydrogen-bond acceptors (Lipinski definition) is 4. The number of hydrogen-bond donors (Lipinski definition) is 1. The van der Waals surface area contributed by atoms with Crippen molar-refractivity contribution in [2.45, 2.75) is 31.4 Å². The zero-order chi connectivity index (χ0) is 18.4. The predicted octanol–water partition coefficient (Wildman–Crippen LogP) is 2.73. The van der Waals surface area contributed by atoms with E-state index in [1.54, 1.807) is 13.2 Å². The van der Waals surface area contributed by atoms with Gasteiger partial charge in [0.05, 0.1) is 11.0 Å². The third-order valence-electron chi connectivity index (χ3n) is 4.72. The quantitative estimate of drug-likeness (QED) is 0.848. The van der Waals surface area contributed by atoms with E-state index >= 15 is 0 Å². The first-order valence-corrected chi connectivity index (χ1v) is 9.75. The zero-order valence-electron chi connectivity index (χ0n) is 14.9. The number of nitrogens with one attached hydrogen (secondary N) is 1. The summed E-state index contributed by atoms with van der Waals surface area (Å²) in [7, 11) is 1.71. The second-order valence-electron chi connectivity index (χ2n) is 6.45. The molecule has 1 aliphatic rings. The van der Waals surface area contributed by atoms with Crippen molar-refractivity contribution in [1.82, 2.24) is 10.2 Å². The van der Waals surface area contributed by atoms with E-state index in [0.29, 0.717) is 24.4 Å². The first kappa shape index (κ1) is 18.6. The molecule has 1 unspecified atom stereocenters. The molecule has 0 spiro atoms. The van der Waals surface area contributed by atoms with Gasteiger partial charge in [0.15, 0.2) is 0 Å². The molecule has 3 rings (SSSR count). The van der Waals surface area contributed by atoms with Crippen LogP contribution in [0.1, 0.15) is 28.1 Å². The van der Waals surface area contributed by atoms with Crippen LogP contribution in [0, 0.1) is 0 Å². The van der Waals surface area contributed by atoms with Gasteiger partial charge < -0.3 is 15.0 Å². The van der Waals surface area contributed by atoms with Gasteiger partial charge in [-0.2, -0.15) is 0 Å². The van der Waals surface area contributed by atoms with Gasteiger partial charge in [-0.1, -0.05) is 36.4 Å². The number of likely N-dealkylation sites (tertiary alicyclic amines) is 1. The van der Waals surface area contributed by atoms with Crippen LogP contribution in [0.4, 0.5) is 0 Å². The minimum Gasteiger partial charge on any atom is -0.381 e. The summed E-state index contributed by atoms with van der Waals surface area (Å²) in [5, 5.41) is 4.80. The summed E-state index contributed by atoms with van der Waals surface area (Å²) in [6.45, 7) is 1.33. The Morgan fingerprint density at radius 3 is 2.54 bits per heavy atom. The van der Waals surface area contributed by atoms with Crippen LogP contribution in [0.15, 0.2) is 47.8 Å². The maximum absolute atomic E-state index is 13.1. The molecule has 2 amide bonds. The third kappa shape index (κ3) is 4.71. The summed E-state index contributed by atoms with van der Waals surface area (Å²) in [5.41, 5.74) is 1.03. The van der Waals surface area contributed by atoms with Crippen LogP contribution < -0.4 is 5.32 Å². The molecule has 0 radical (unpaired) electrons. The minimum atomic E-state index is -0.564. The molecule has 1 saturated heterocycles. The van der Waals surface area contributed by atoms with Crippen molar-refractivity contribution >= 4 is 23.2 Å². The van der Waals surface area contributed by atoms with Crippen molar-refractivity contribution < 1.29 is 14.3 Å². The van der Waals surface area contributed by atoms with Gasteiger partial charge in [0.1, 0.15) is 6.04 Å². The van der Waals surface area contributed by atoms with Crippen LogP contribution in [0.25, 0.3) is 0 Å². The molecule has 1 aliphatic heterocycles. The number of thiophene rings is 1. The molecule has 1 N–H and O–H groups in total. The number of carbonyl (C=O) groups is 2. The Hall–Kier alpha value is -2.18. The Bertz CT molecular complexity index is 710. The highest BCUT2D eigenvalue weighted by Gasteiger charge is 2.29. The van der Waals surface area contributed by atoms with Crippen LogP contribution in [0.2, 0.25) is 0 Å². The Balaban J connectivity index is 1.71. The topological polar surface area (TPSA) is 58.6 Å². The number of methoxy groups -OCH3 is 1. The van der Waals surface area contributed by atoms with Gasteiger partial charge in [0.25, 0.3) is 5.91 Å². The van der Waals surface area contributed by atoms with Gasteiger partial charge in [0.2, 0.25) is 5.91 Å². The maximum atomic E-state index is 13.1. The Morgan fingerprint density at radius 2 is 1.92 bits per heavy atom. The summed E-state index contributed by atoms with van der Waals surface area (Å²) in [5.74, 6) is -0.214. The fraction of sp³-hybridized carbons (Fsp3) is 0.400. The maximum Gasteiger partial charge on any atom is 0.262 e. The van der Waals surface area contributed by atoms with E-state index in [-0.39, 0.29) is 17.9 Å². The first-order chi connectivity index (χ1) is 12.7. The van der Waals surface area contributed by atoms with Gasteiger partial charge in [-0.15, -0.1) is 11.3 Å². The average Bonchev–Trinajstić information content (AvgIpc) is 3.23. The van der Waals surface area contributed by atoms with Crippen molar-refractivity contribution in [2.75, 3.05) is 20.2 Å². The Labute approximate surface area is 158 Å². The molecule has 1 fully saturated rings.